The Morgan fingerprint density at radius 1 is 1.42 bits per heavy atom. The minimum Gasteiger partial charge on any atom is -0.361 e. The summed E-state index contributed by atoms with van der Waals surface area (Å²) in [7, 11) is 0. The summed E-state index contributed by atoms with van der Waals surface area (Å²) in [5.74, 6) is 0.978. The quantitative estimate of drug-likeness (QED) is 0.677. The normalized spacial score (nSPS) is 12.0. The van der Waals surface area contributed by atoms with E-state index < -0.39 is 0 Å². The molecule has 1 aromatic heterocycles. The first-order valence-electron chi connectivity index (χ1n) is 4.50. The molecular formula is C10H17NO. The van der Waals surface area contributed by atoms with Crippen molar-refractivity contribution in [3.63, 3.8) is 0 Å². The van der Waals surface area contributed by atoms with Crippen molar-refractivity contribution in [1.29, 1.82) is 0 Å². The van der Waals surface area contributed by atoms with E-state index in [1.54, 1.807) is 0 Å². The predicted octanol–water partition coefficient (Wildman–Crippen LogP) is 2.92. The van der Waals surface area contributed by atoms with Crippen molar-refractivity contribution in [2.45, 2.75) is 46.0 Å². The molecule has 68 valence electrons. The molecular weight excluding hydrogens is 150 g/mol. The third-order valence-electron chi connectivity index (χ3n) is 1.80. The molecule has 0 fully saturated rings. The first-order valence-corrected chi connectivity index (χ1v) is 4.50. The summed E-state index contributed by atoms with van der Waals surface area (Å²) in [6.45, 7) is 8.53. The molecule has 0 N–H and O–H groups in total. The summed E-state index contributed by atoms with van der Waals surface area (Å²) >= 11 is 0. The minimum atomic E-state index is 0.0823. The van der Waals surface area contributed by atoms with Gasteiger partial charge < -0.3 is 4.52 Å². The zero-order valence-corrected chi connectivity index (χ0v) is 8.35. The van der Waals surface area contributed by atoms with E-state index in [0.29, 0.717) is 0 Å². The fourth-order valence-corrected chi connectivity index (χ4v) is 1.04. The minimum absolute atomic E-state index is 0.0823. The molecule has 0 bridgehead atoms. The second-order valence-electron chi connectivity index (χ2n) is 4.18. The standard InChI is InChI=1S/C10H17NO/c1-5-6-8-7-9(12-11-8)10(2,3)4/h7H,5-6H2,1-4H3. The number of hydrogen-bond donors (Lipinski definition) is 0. The average Bonchev–Trinajstić information content (AvgIpc) is 2.35. The van der Waals surface area contributed by atoms with Gasteiger partial charge in [-0.2, -0.15) is 0 Å². The van der Waals surface area contributed by atoms with Crippen LogP contribution in [-0.4, -0.2) is 5.16 Å². The fourth-order valence-electron chi connectivity index (χ4n) is 1.04. The summed E-state index contributed by atoms with van der Waals surface area (Å²) in [4.78, 5) is 0. The van der Waals surface area contributed by atoms with Crippen molar-refractivity contribution in [3.8, 4) is 0 Å². The van der Waals surface area contributed by atoms with E-state index in [1.807, 2.05) is 0 Å². The Morgan fingerprint density at radius 3 is 2.50 bits per heavy atom. The fraction of sp³-hybridized carbons (Fsp3) is 0.700. The highest BCUT2D eigenvalue weighted by Crippen LogP contribution is 2.22. The van der Waals surface area contributed by atoms with Crippen LogP contribution in [0.1, 0.15) is 45.6 Å². The second kappa shape index (κ2) is 3.30. The topological polar surface area (TPSA) is 26.0 Å². The Morgan fingerprint density at radius 2 is 2.08 bits per heavy atom. The highest BCUT2D eigenvalue weighted by Gasteiger charge is 2.18. The van der Waals surface area contributed by atoms with Crippen LogP contribution in [0.2, 0.25) is 0 Å². The van der Waals surface area contributed by atoms with Gasteiger partial charge in [-0.25, -0.2) is 0 Å². The molecule has 1 heterocycles. The van der Waals surface area contributed by atoms with Crippen molar-refractivity contribution in [3.05, 3.63) is 17.5 Å². The Hall–Kier alpha value is -0.790. The van der Waals surface area contributed by atoms with Gasteiger partial charge in [0.25, 0.3) is 0 Å². The molecule has 0 saturated carbocycles. The lowest BCUT2D eigenvalue weighted by molar-refractivity contribution is 0.325. The van der Waals surface area contributed by atoms with Crippen molar-refractivity contribution in [2.75, 3.05) is 0 Å². The van der Waals surface area contributed by atoms with Gasteiger partial charge in [0.05, 0.1) is 5.69 Å². The molecule has 0 aliphatic carbocycles. The van der Waals surface area contributed by atoms with Crippen LogP contribution in [0, 0.1) is 0 Å². The van der Waals surface area contributed by atoms with Gasteiger partial charge in [-0.15, -0.1) is 0 Å². The monoisotopic (exact) mass is 167 g/mol. The number of nitrogens with zero attached hydrogens (tertiary/aromatic N) is 1. The molecule has 2 nitrogen and oxygen atoms in total. The summed E-state index contributed by atoms with van der Waals surface area (Å²) in [5, 5.41) is 4.00. The van der Waals surface area contributed by atoms with Crippen LogP contribution in [-0.2, 0) is 11.8 Å². The Labute approximate surface area is 74.0 Å². The van der Waals surface area contributed by atoms with Crippen LogP contribution in [0.15, 0.2) is 10.6 Å². The maximum Gasteiger partial charge on any atom is 0.142 e. The predicted molar refractivity (Wildman–Crippen MR) is 49.2 cm³/mol. The molecule has 12 heavy (non-hydrogen) atoms. The van der Waals surface area contributed by atoms with Crippen LogP contribution in [0.4, 0.5) is 0 Å². The van der Waals surface area contributed by atoms with Gasteiger partial charge in [0.2, 0.25) is 0 Å². The summed E-state index contributed by atoms with van der Waals surface area (Å²) < 4.78 is 5.23. The molecule has 0 radical (unpaired) electrons. The SMILES string of the molecule is CCCc1cc(C(C)(C)C)on1. The molecule has 0 saturated heterocycles. The molecule has 0 aromatic carbocycles. The molecule has 0 aliphatic rings. The van der Waals surface area contributed by atoms with Crippen LogP contribution in [0.25, 0.3) is 0 Å². The molecule has 0 amide bonds. The lowest BCUT2D eigenvalue weighted by Gasteiger charge is -2.12. The van der Waals surface area contributed by atoms with Crippen molar-refractivity contribution in [1.82, 2.24) is 5.16 Å². The van der Waals surface area contributed by atoms with Crippen molar-refractivity contribution >= 4 is 0 Å². The second-order valence-corrected chi connectivity index (χ2v) is 4.18. The average molecular weight is 167 g/mol. The zero-order valence-electron chi connectivity index (χ0n) is 8.35. The van der Waals surface area contributed by atoms with Crippen LogP contribution in [0.3, 0.4) is 0 Å². The van der Waals surface area contributed by atoms with Gasteiger partial charge >= 0.3 is 0 Å². The lowest BCUT2D eigenvalue weighted by Crippen LogP contribution is -2.09. The smallest absolute Gasteiger partial charge is 0.142 e. The lowest BCUT2D eigenvalue weighted by atomic mass is 9.93. The van der Waals surface area contributed by atoms with E-state index in [9.17, 15) is 0 Å². The number of hydrogen-bond acceptors (Lipinski definition) is 2. The molecule has 1 aromatic rings. The zero-order chi connectivity index (χ0) is 9.19. The van der Waals surface area contributed by atoms with Gasteiger partial charge in [-0.05, 0) is 6.42 Å². The van der Waals surface area contributed by atoms with E-state index in [0.717, 1.165) is 24.3 Å². The molecule has 0 aliphatic heterocycles. The first kappa shape index (κ1) is 9.30. The van der Waals surface area contributed by atoms with E-state index in [2.05, 4.69) is 38.9 Å². The number of aryl methyl sites for hydroxylation is 1. The molecule has 0 unspecified atom stereocenters. The van der Waals surface area contributed by atoms with Crippen LogP contribution < -0.4 is 0 Å². The Bertz CT molecular complexity index is 245. The van der Waals surface area contributed by atoms with E-state index in [-0.39, 0.29) is 5.41 Å². The van der Waals surface area contributed by atoms with E-state index in [4.69, 9.17) is 4.52 Å². The Balaban J connectivity index is 2.77. The molecule has 2 heteroatoms. The van der Waals surface area contributed by atoms with Gasteiger partial charge in [0, 0.05) is 11.5 Å². The van der Waals surface area contributed by atoms with Crippen LogP contribution >= 0.6 is 0 Å². The molecule has 0 atom stereocenters. The van der Waals surface area contributed by atoms with Crippen molar-refractivity contribution < 1.29 is 4.52 Å². The van der Waals surface area contributed by atoms with Gasteiger partial charge in [-0.3, -0.25) is 0 Å². The van der Waals surface area contributed by atoms with E-state index in [1.165, 1.54) is 0 Å². The van der Waals surface area contributed by atoms with Gasteiger partial charge in [-0.1, -0.05) is 39.3 Å². The summed E-state index contributed by atoms with van der Waals surface area (Å²) in [6.07, 6.45) is 2.13. The third kappa shape index (κ3) is 2.10. The Kier molecular flexibility index (Phi) is 2.55. The van der Waals surface area contributed by atoms with Crippen molar-refractivity contribution in [2.24, 2.45) is 0 Å². The first-order chi connectivity index (χ1) is 5.54. The number of rotatable bonds is 2. The van der Waals surface area contributed by atoms with Gasteiger partial charge in [0.15, 0.2) is 0 Å². The number of aromatic nitrogens is 1. The highest BCUT2D eigenvalue weighted by atomic mass is 16.5. The van der Waals surface area contributed by atoms with E-state index >= 15 is 0 Å². The largest absolute Gasteiger partial charge is 0.361 e. The maximum absolute atomic E-state index is 5.23. The maximum atomic E-state index is 5.23. The highest BCUT2D eigenvalue weighted by molar-refractivity contribution is 5.12. The molecule has 1 rings (SSSR count). The van der Waals surface area contributed by atoms with Gasteiger partial charge in [0.1, 0.15) is 5.76 Å². The third-order valence-corrected chi connectivity index (χ3v) is 1.80. The van der Waals surface area contributed by atoms with Crippen LogP contribution in [0.5, 0.6) is 0 Å². The summed E-state index contributed by atoms with van der Waals surface area (Å²) in [5.41, 5.74) is 1.15. The summed E-state index contributed by atoms with van der Waals surface area (Å²) in [6, 6.07) is 2.06. The molecule has 0 spiro atoms.